The van der Waals surface area contributed by atoms with Gasteiger partial charge >= 0.3 is 0 Å². The molecule has 11 heteroatoms. The molecule has 0 aliphatic heterocycles. The van der Waals surface area contributed by atoms with Gasteiger partial charge in [-0.05, 0) is 11.6 Å². The minimum atomic E-state index is 0.450. The molecular weight excluding hydrogens is 422 g/mol. The average molecular weight is 443 g/mol. The first-order valence-corrected chi connectivity index (χ1v) is 10.3. The van der Waals surface area contributed by atoms with Crippen LogP contribution in [-0.2, 0) is 18.3 Å². The van der Waals surface area contributed by atoms with Crippen molar-refractivity contribution >= 4 is 11.3 Å². The topological polar surface area (TPSA) is 119 Å². The van der Waals surface area contributed by atoms with Crippen molar-refractivity contribution in [2.75, 3.05) is 20.3 Å². The summed E-state index contributed by atoms with van der Waals surface area (Å²) in [5.74, 6) is 1.21. The molecule has 0 aliphatic carbocycles. The van der Waals surface area contributed by atoms with Gasteiger partial charge in [0.25, 0.3) is 0 Å². The molecule has 0 amide bonds. The van der Waals surface area contributed by atoms with Crippen molar-refractivity contribution in [2.24, 2.45) is 7.05 Å². The maximum Gasteiger partial charge on any atom is 0.221 e. The summed E-state index contributed by atoms with van der Waals surface area (Å²) in [5.41, 5.74) is 4.60. The highest BCUT2D eigenvalue weighted by Crippen LogP contribution is 2.20. The molecule has 166 valence electrons. The highest BCUT2D eigenvalue weighted by atomic mass is 16.5. The first-order valence-electron chi connectivity index (χ1n) is 10.3. The van der Waals surface area contributed by atoms with E-state index in [1.165, 1.54) is 0 Å². The van der Waals surface area contributed by atoms with Crippen LogP contribution in [0.15, 0.2) is 55.2 Å². The van der Waals surface area contributed by atoms with E-state index in [1.54, 1.807) is 41.3 Å². The van der Waals surface area contributed by atoms with Gasteiger partial charge in [0.1, 0.15) is 6.61 Å². The first-order chi connectivity index (χ1) is 16.2. The predicted molar refractivity (Wildman–Crippen MR) is 119 cm³/mol. The van der Waals surface area contributed by atoms with Gasteiger partial charge in [-0.3, -0.25) is 4.68 Å². The molecule has 0 N–H and O–H groups in total. The Bertz CT molecular complexity index is 1380. The van der Waals surface area contributed by atoms with E-state index in [4.69, 9.17) is 14.5 Å². The van der Waals surface area contributed by atoms with Crippen molar-refractivity contribution in [3.63, 3.8) is 0 Å². The van der Waals surface area contributed by atoms with Gasteiger partial charge in [-0.15, -0.1) is 5.10 Å². The summed E-state index contributed by atoms with van der Waals surface area (Å²) in [4.78, 5) is 17.9. The molecule has 0 unspecified atom stereocenters. The summed E-state index contributed by atoms with van der Waals surface area (Å²) < 4.78 is 14.0. The molecule has 0 radical (unpaired) electrons. The van der Waals surface area contributed by atoms with Gasteiger partial charge in [0.05, 0.1) is 43.6 Å². The normalized spacial score (nSPS) is 11.2. The molecular formula is C22H21N9O2. The lowest BCUT2D eigenvalue weighted by Gasteiger charge is -2.07. The highest BCUT2D eigenvalue weighted by Gasteiger charge is 2.12. The fraction of sp³-hybridized carbons (Fsp3) is 0.227. The molecule has 5 aromatic rings. The first kappa shape index (κ1) is 20.6. The molecule has 1 aromatic carbocycles. The molecule has 0 atom stereocenters. The predicted octanol–water partition coefficient (Wildman–Crippen LogP) is 2.15. The minimum Gasteiger partial charge on any atom is -0.488 e. The van der Waals surface area contributed by atoms with Crippen LogP contribution in [0.4, 0.5) is 0 Å². The van der Waals surface area contributed by atoms with E-state index in [0.29, 0.717) is 48.3 Å². The zero-order valence-corrected chi connectivity index (χ0v) is 18.2. The summed E-state index contributed by atoms with van der Waals surface area (Å²) >= 11 is 0. The molecule has 0 spiro atoms. The summed E-state index contributed by atoms with van der Waals surface area (Å²) in [6.45, 7) is 1.44. The van der Waals surface area contributed by atoms with Crippen molar-refractivity contribution in [1.82, 2.24) is 44.7 Å². The number of hydrogen-bond acceptors (Lipinski definition) is 9. The molecule has 0 bridgehead atoms. The van der Waals surface area contributed by atoms with Crippen LogP contribution in [0.5, 0.6) is 5.75 Å². The Morgan fingerprint density at radius 1 is 0.970 bits per heavy atom. The lowest BCUT2D eigenvalue weighted by Crippen LogP contribution is -2.05. The van der Waals surface area contributed by atoms with E-state index in [9.17, 15) is 0 Å². The van der Waals surface area contributed by atoms with Crippen LogP contribution < -0.4 is 4.74 Å². The Hall–Kier alpha value is -4.25. The van der Waals surface area contributed by atoms with Crippen molar-refractivity contribution < 1.29 is 9.47 Å². The van der Waals surface area contributed by atoms with Crippen LogP contribution in [0.3, 0.4) is 0 Å². The number of fused-ring (bicyclic) bond motifs is 1. The number of hydrogen-bond donors (Lipinski definition) is 0. The van der Waals surface area contributed by atoms with E-state index in [-0.39, 0.29) is 0 Å². The smallest absolute Gasteiger partial charge is 0.221 e. The highest BCUT2D eigenvalue weighted by molar-refractivity contribution is 5.69. The molecule has 0 saturated heterocycles. The van der Waals surface area contributed by atoms with E-state index >= 15 is 0 Å². The number of methoxy groups -OCH3 is 1. The van der Waals surface area contributed by atoms with E-state index < -0.39 is 0 Å². The summed E-state index contributed by atoms with van der Waals surface area (Å²) in [6.07, 6.45) is 8.64. The second kappa shape index (κ2) is 9.09. The number of nitrogens with zero attached hydrogens (tertiary/aromatic N) is 9. The van der Waals surface area contributed by atoms with Crippen LogP contribution in [-0.4, -0.2) is 65.0 Å². The fourth-order valence-corrected chi connectivity index (χ4v) is 3.32. The Balaban J connectivity index is 1.37. The molecule has 0 fully saturated rings. The molecule has 0 aliphatic rings. The standard InChI is InChI=1S/C22H21N9O2/c1-30-14-17(9-26-30)19-12-25-21-22(27-19)31(29-28-21)13-15-4-3-5-16(8-15)20-23-10-18(11-24-20)33-7-6-32-2/h3-5,8-12,14H,6-7,13H2,1-2H3. The fourth-order valence-electron chi connectivity index (χ4n) is 3.32. The SMILES string of the molecule is COCCOc1cnc(-c2cccc(Cn3nnc4ncc(-c5cnn(C)c5)nc43)c2)nc1. The van der Waals surface area contributed by atoms with Crippen LogP contribution in [0, 0.1) is 0 Å². The van der Waals surface area contributed by atoms with Crippen LogP contribution >= 0.6 is 0 Å². The van der Waals surface area contributed by atoms with Gasteiger partial charge < -0.3 is 9.47 Å². The minimum absolute atomic E-state index is 0.450. The molecule has 33 heavy (non-hydrogen) atoms. The lowest BCUT2D eigenvalue weighted by atomic mass is 10.1. The average Bonchev–Trinajstić information content (AvgIpc) is 3.46. The van der Waals surface area contributed by atoms with Gasteiger partial charge in [0.2, 0.25) is 5.65 Å². The molecule has 11 nitrogen and oxygen atoms in total. The third-order valence-corrected chi connectivity index (χ3v) is 4.93. The molecule has 4 heterocycles. The van der Waals surface area contributed by atoms with Crippen molar-refractivity contribution in [2.45, 2.75) is 6.54 Å². The monoisotopic (exact) mass is 443 g/mol. The number of aryl methyl sites for hydroxylation is 1. The van der Waals surface area contributed by atoms with Crippen LogP contribution in [0.1, 0.15) is 5.56 Å². The maximum absolute atomic E-state index is 5.53. The van der Waals surface area contributed by atoms with Gasteiger partial charge in [-0.25, -0.2) is 24.6 Å². The second-order valence-corrected chi connectivity index (χ2v) is 7.34. The van der Waals surface area contributed by atoms with Gasteiger partial charge in [-0.1, -0.05) is 23.4 Å². The van der Waals surface area contributed by atoms with Gasteiger partial charge in [0.15, 0.2) is 17.2 Å². The van der Waals surface area contributed by atoms with E-state index in [1.807, 2.05) is 37.5 Å². The molecule has 5 rings (SSSR count). The van der Waals surface area contributed by atoms with Crippen LogP contribution in [0.2, 0.25) is 0 Å². The molecule has 4 aromatic heterocycles. The Morgan fingerprint density at radius 2 is 1.85 bits per heavy atom. The second-order valence-electron chi connectivity index (χ2n) is 7.34. The lowest BCUT2D eigenvalue weighted by molar-refractivity contribution is 0.146. The summed E-state index contributed by atoms with van der Waals surface area (Å²) in [7, 11) is 3.49. The Morgan fingerprint density at radius 3 is 2.64 bits per heavy atom. The summed E-state index contributed by atoms with van der Waals surface area (Å²) in [5, 5.41) is 12.6. The Labute approximate surface area is 189 Å². The number of rotatable bonds is 8. The van der Waals surface area contributed by atoms with Crippen molar-refractivity contribution in [1.29, 1.82) is 0 Å². The number of benzene rings is 1. The number of ether oxygens (including phenoxy) is 2. The maximum atomic E-state index is 5.53. The number of aromatic nitrogens is 9. The largest absolute Gasteiger partial charge is 0.488 e. The third kappa shape index (κ3) is 4.53. The van der Waals surface area contributed by atoms with Crippen molar-refractivity contribution in [3.05, 3.63) is 60.8 Å². The van der Waals surface area contributed by atoms with Crippen molar-refractivity contribution in [3.8, 4) is 28.4 Å². The molecule has 0 saturated carbocycles. The van der Waals surface area contributed by atoms with Crippen LogP contribution in [0.25, 0.3) is 33.9 Å². The third-order valence-electron chi connectivity index (χ3n) is 4.93. The van der Waals surface area contributed by atoms with E-state index in [0.717, 1.165) is 16.7 Å². The zero-order chi connectivity index (χ0) is 22.6. The zero-order valence-electron chi connectivity index (χ0n) is 18.2. The Kier molecular flexibility index (Phi) is 5.68. The van der Waals surface area contributed by atoms with E-state index in [2.05, 4.69) is 30.4 Å². The summed E-state index contributed by atoms with van der Waals surface area (Å²) in [6, 6.07) is 7.96. The quantitative estimate of drug-likeness (QED) is 0.332. The van der Waals surface area contributed by atoms with Gasteiger partial charge in [-0.2, -0.15) is 5.10 Å². The van der Waals surface area contributed by atoms with Gasteiger partial charge in [0, 0.05) is 31.5 Å².